The Bertz CT molecular complexity index is 721. The second kappa shape index (κ2) is 6.29. The summed E-state index contributed by atoms with van der Waals surface area (Å²) >= 11 is 0. The highest BCUT2D eigenvalue weighted by Gasteiger charge is 2.27. The van der Waals surface area contributed by atoms with E-state index >= 15 is 0 Å². The molecule has 2 aromatic heterocycles. The molecule has 22 heavy (non-hydrogen) atoms. The quantitative estimate of drug-likeness (QED) is 0.706. The lowest BCUT2D eigenvalue weighted by atomic mass is 10.1. The van der Waals surface area contributed by atoms with Crippen LogP contribution in [0.3, 0.4) is 0 Å². The summed E-state index contributed by atoms with van der Waals surface area (Å²) < 4.78 is 1.42. The Labute approximate surface area is 126 Å². The van der Waals surface area contributed by atoms with Gasteiger partial charge in [0.25, 0.3) is 5.56 Å². The Kier molecular flexibility index (Phi) is 4.21. The van der Waals surface area contributed by atoms with E-state index in [4.69, 9.17) is 0 Å². The van der Waals surface area contributed by atoms with Crippen molar-refractivity contribution in [3.05, 3.63) is 51.3 Å². The van der Waals surface area contributed by atoms with Crippen LogP contribution in [0.1, 0.15) is 24.7 Å². The van der Waals surface area contributed by atoms with Crippen molar-refractivity contribution in [2.24, 2.45) is 0 Å². The zero-order valence-corrected chi connectivity index (χ0v) is 12.1. The fourth-order valence-electron chi connectivity index (χ4n) is 2.89. The van der Waals surface area contributed by atoms with Gasteiger partial charge in [-0.15, -0.1) is 0 Å². The molecule has 1 aliphatic heterocycles. The van der Waals surface area contributed by atoms with E-state index < -0.39 is 17.4 Å². The molecule has 0 amide bonds. The summed E-state index contributed by atoms with van der Waals surface area (Å²) in [7, 11) is 0. The summed E-state index contributed by atoms with van der Waals surface area (Å²) in [6, 6.07) is 0.977. The number of aliphatic hydroxyl groups excluding tert-OH is 1. The molecule has 8 nitrogen and oxygen atoms in total. The molecule has 0 saturated carbocycles. The molecule has 118 valence electrons. The van der Waals surface area contributed by atoms with Crippen LogP contribution >= 0.6 is 0 Å². The number of aromatic amines is 2. The first-order valence-corrected chi connectivity index (χ1v) is 7.33. The smallest absolute Gasteiger partial charge is 0.328 e. The van der Waals surface area contributed by atoms with Gasteiger partial charge in [0.05, 0.1) is 18.7 Å². The summed E-state index contributed by atoms with van der Waals surface area (Å²) in [6.45, 7) is 2.16. The normalized spacial score (nSPS) is 23.3. The van der Waals surface area contributed by atoms with E-state index in [1.165, 1.54) is 16.8 Å². The first-order valence-electron chi connectivity index (χ1n) is 7.33. The fraction of sp³-hybridized carbons (Fsp3) is 0.500. The first kappa shape index (κ1) is 14.7. The van der Waals surface area contributed by atoms with Crippen molar-refractivity contribution in [3.8, 4) is 0 Å². The van der Waals surface area contributed by atoms with Crippen molar-refractivity contribution in [2.75, 3.05) is 13.1 Å². The number of nitrogens with zero attached hydrogens (tertiary/aromatic N) is 3. The van der Waals surface area contributed by atoms with Crippen molar-refractivity contribution in [3.63, 3.8) is 0 Å². The van der Waals surface area contributed by atoms with Crippen LogP contribution in [0.4, 0.5) is 0 Å². The molecular weight excluding hydrogens is 286 g/mol. The van der Waals surface area contributed by atoms with Gasteiger partial charge in [-0.3, -0.25) is 19.2 Å². The molecule has 1 saturated heterocycles. The van der Waals surface area contributed by atoms with Crippen LogP contribution in [-0.2, 0) is 6.54 Å². The van der Waals surface area contributed by atoms with Crippen LogP contribution in [-0.4, -0.2) is 48.7 Å². The largest absolute Gasteiger partial charge is 0.391 e. The molecule has 0 unspecified atom stereocenters. The average Bonchev–Trinajstić information content (AvgIpc) is 2.92. The third-order valence-corrected chi connectivity index (χ3v) is 4.06. The summed E-state index contributed by atoms with van der Waals surface area (Å²) in [5, 5.41) is 10.3. The van der Waals surface area contributed by atoms with Gasteiger partial charge in [0, 0.05) is 37.7 Å². The highest BCUT2D eigenvalue weighted by atomic mass is 16.3. The van der Waals surface area contributed by atoms with Crippen LogP contribution in [0, 0.1) is 0 Å². The molecule has 1 fully saturated rings. The lowest BCUT2D eigenvalue weighted by Crippen LogP contribution is -2.36. The average molecular weight is 305 g/mol. The Balaban J connectivity index is 1.74. The van der Waals surface area contributed by atoms with Crippen molar-refractivity contribution in [1.82, 2.24) is 24.4 Å². The molecule has 0 radical (unpaired) electrons. The van der Waals surface area contributed by atoms with Crippen molar-refractivity contribution >= 4 is 0 Å². The summed E-state index contributed by atoms with van der Waals surface area (Å²) in [5.41, 5.74) is -0.903. The van der Waals surface area contributed by atoms with Gasteiger partial charge in [0.2, 0.25) is 0 Å². The zero-order chi connectivity index (χ0) is 15.5. The third kappa shape index (κ3) is 3.18. The second-order valence-electron chi connectivity index (χ2n) is 5.54. The minimum absolute atomic E-state index is 0.328. The lowest BCUT2D eigenvalue weighted by molar-refractivity contribution is 0.105. The number of imidazole rings is 1. The van der Waals surface area contributed by atoms with E-state index in [0.29, 0.717) is 19.4 Å². The number of likely N-dealkylation sites (tertiary alicyclic amines) is 1. The lowest BCUT2D eigenvalue weighted by Gasteiger charge is -2.21. The SMILES string of the molecule is O=c1ccn([C@H]2CCN(Cc3ncc[nH]3)CC[C@@H]2O)c(=O)[nH]1. The predicted octanol–water partition coefficient (Wildman–Crippen LogP) is -0.542. The van der Waals surface area contributed by atoms with Crippen LogP contribution < -0.4 is 11.2 Å². The maximum Gasteiger partial charge on any atom is 0.328 e. The van der Waals surface area contributed by atoms with Crippen LogP contribution in [0.15, 0.2) is 34.2 Å². The van der Waals surface area contributed by atoms with E-state index in [-0.39, 0.29) is 6.04 Å². The van der Waals surface area contributed by atoms with Gasteiger partial charge < -0.3 is 10.1 Å². The summed E-state index contributed by atoms with van der Waals surface area (Å²) in [5.74, 6) is 0.883. The molecule has 0 spiro atoms. The highest BCUT2D eigenvalue weighted by molar-refractivity contribution is 4.92. The third-order valence-electron chi connectivity index (χ3n) is 4.06. The topological polar surface area (TPSA) is 107 Å². The Morgan fingerprint density at radius 1 is 1.32 bits per heavy atom. The molecule has 3 heterocycles. The van der Waals surface area contributed by atoms with Gasteiger partial charge in [0.15, 0.2) is 0 Å². The number of aromatic nitrogens is 4. The van der Waals surface area contributed by atoms with Crippen molar-refractivity contribution in [1.29, 1.82) is 0 Å². The molecule has 8 heteroatoms. The molecule has 0 aromatic carbocycles. The van der Waals surface area contributed by atoms with E-state index in [0.717, 1.165) is 18.9 Å². The van der Waals surface area contributed by atoms with E-state index in [1.54, 1.807) is 12.4 Å². The number of aliphatic hydroxyl groups is 1. The van der Waals surface area contributed by atoms with Gasteiger partial charge in [0.1, 0.15) is 5.82 Å². The van der Waals surface area contributed by atoms with E-state index in [1.807, 2.05) is 0 Å². The highest BCUT2D eigenvalue weighted by Crippen LogP contribution is 2.22. The molecular formula is C14H19N5O3. The van der Waals surface area contributed by atoms with Gasteiger partial charge >= 0.3 is 5.69 Å². The molecule has 0 aliphatic carbocycles. The second-order valence-corrected chi connectivity index (χ2v) is 5.54. The number of hydrogen-bond donors (Lipinski definition) is 3. The number of rotatable bonds is 3. The van der Waals surface area contributed by atoms with Crippen LogP contribution in [0.2, 0.25) is 0 Å². The molecule has 3 rings (SSSR count). The van der Waals surface area contributed by atoms with E-state index in [9.17, 15) is 14.7 Å². The number of nitrogens with one attached hydrogen (secondary N) is 2. The van der Waals surface area contributed by atoms with Crippen LogP contribution in [0.25, 0.3) is 0 Å². The number of hydrogen-bond acceptors (Lipinski definition) is 5. The van der Waals surface area contributed by atoms with Crippen molar-refractivity contribution < 1.29 is 5.11 Å². The zero-order valence-electron chi connectivity index (χ0n) is 12.1. The Hall–Kier alpha value is -2.19. The molecule has 2 aromatic rings. The molecule has 3 N–H and O–H groups in total. The van der Waals surface area contributed by atoms with Crippen molar-refractivity contribution in [2.45, 2.75) is 31.5 Å². The molecule has 1 aliphatic rings. The predicted molar refractivity (Wildman–Crippen MR) is 79.5 cm³/mol. The van der Waals surface area contributed by atoms with Gasteiger partial charge in [-0.2, -0.15) is 0 Å². The summed E-state index contributed by atoms with van der Waals surface area (Å²) in [4.78, 5) is 34.8. The number of H-pyrrole nitrogens is 2. The standard InChI is InChI=1S/C14H19N5O3/c20-11-2-7-18(9-12-15-4-5-16-12)6-1-10(11)19-8-3-13(21)17-14(19)22/h3-5,8,10-11,20H,1-2,6-7,9H2,(H,15,16)(H,17,21,22)/t10-,11-/m0/s1. The monoisotopic (exact) mass is 305 g/mol. The van der Waals surface area contributed by atoms with E-state index in [2.05, 4.69) is 19.9 Å². The van der Waals surface area contributed by atoms with Crippen LogP contribution in [0.5, 0.6) is 0 Å². The Morgan fingerprint density at radius 3 is 2.86 bits per heavy atom. The maximum atomic E-state index is 11.9. The molecule has 2 atom stereocenters. The minimum Gasteiger partial charge on any atom is -0.391 e. The Morgan fingerprint density at radius 2 is 2.14 bits per heavy atom. The van der Waals surface area contributed by atoms with Gasteiger partial charge in [-0.05, 0) is 12.8 Å². The van der Waals surface area contributed by atoms with Gasteiger partial charge in [-0.1, -0.05) is 0 Å². The molecule has 0 bridgehead atoms. The fourth-order valence-corrected chi connectivity index (χ4v) is 2.89. The minimum atomic E-state index is -0.620. The maximum absolute atomic E-state index is 11.9. The summed E-state index contributed by atoms with van der Waals surface area (Å²) in [6.07, 6.45) is 5.53. The first-order chi connectivity index (χ1) is 10.6. The van der Waals surface area contributed by atoms with Gasteiger partial charge in [-0.25, -0.2) is 9.78 Å².